The Hall–Kier alpha value is -8.28. The van der Waals surface area contributed by atoms with Crippen LogP contribution in [0.2, 0.25) is 0 Å². The molecule has 9 rings (SSSR count). The van der Waals surface area contributed by atoms with E-state index in [1.54, 1.807) is 70.7 Å². The summed E-state index contributed by atoms with van der Waals surface area (Å²) in [6.07, 6.45) is 7.31. The summed E-state index contributed by atoms with van der Waals surface area (Å²) >= 11 is 0. The number of carbonyl (C=O) groups excluding carboxylic acids is 7. The van der Waals surface area contributed by atoms with Crippen LogP contribution in [0.5, 0.6) is 0 Å². The van der Waals surface area contributed by atoms with E-state index in [9.17, 15) is 43.5 Å². The van der Waals surface area contributed by atoms with E-state index in [1.807, 2.05) is 17.3 Å². The van der Waals surface area contributed by atoms with Gasteiger partial charge in [0.15, 0.2) is 5.60 Å². The molecule has 0 radical (unpaired) electrons. The highest BCUT2D eigenvalue weighted by molar-refractivity contribution is 5.94. The van der Waals surface area contributed by atoms with Gasteiger partial charge in [-0.2, -0.15) is 0 Å². The second kappa shape index (κ2) is 23.5. The summed E-state index contributed by atoms with van der Waals surface area (Å²) in [6.45, 7) is 9.11. The first kappa shape index (κ1) is 54.5. The van der Waals surface area contributed by atoms with Crippen LogP contribution in [0, 0.1) is 12.7 Å². The van der Waals surface area contributed by atoms with Gasteiger partial charge in [-0.05, 0) is 61.1 Å². The number of benzene rings is 2. The van der Waals surface area contributed by atoms with Crippen molar-refractivity contribution in [1.82, 2.24) is 61.5 Å². The third kappa shape index (κ3) is 12.0. The number of aromatic nitrogens is 2. The number of aryl methyl sites for hydroxylation is 1. The first-order valence-electron chi connectivity index (χ1n) is 26.1. The standard InChI is InChI=1S/C55H63FN12O10/c1-4-55(77)41-23-45-51-39(31-68(45)53(75)40(41)32-78-54(55)76)38(37-21-33(2)42(56)24-43(37)61-51)30-66-29-36(62-63-66)28-64-17-19-65(20-18-64)50(73)27-59-52(74)44(22-35-11-7-5-8-12-35)60-48(71)26-58-47(70)25-57-46(69)13-9-6-10-16-67-34(3)14-15-49(67)72/h5,7-8,11-12,14-15,21,23-24,29,44,62-63,77H,3-4,6,9-10,13,16-20,22,25-28,30-32H2,1-2H3,(H,57,69)(H,58,70)(H,59,74)(H,60,71)/t44-,55+/m1/s1. The maximum absolute atomic E-state index is 15.1. The number of hydrogen-bond acceptors (Lipinski definition) is 15. The molecule has 410 valence electrons. The molecule has 0 unspecified atom stereocenters. The Kier molecular flexibility index (Phi) is 16.4. The van der Waals surface area contributed by atoms with Gasteiger partial charge in [0, 0.05) is 92.7 Å². The Morgan fingerprint density at radius 2 is 1.65 bits per heavy atom. The van der Waals surface area contributed by atoms with Crippen LogP contribution >= 0.6 is 0 Å². The molecule has 1 saturated heterocycles. The predicted octanol–water partition coefficient (Wildman–Crippen LogP) is 0.886. The van der Waals surface area contributed by atoms with Gasteiger partial charge < -0.3 is 50.9 Å². The molecule has 22 nitrogen and oxygen atoms in total. The number of rotatable bonds is 21. The zero-order chi connectivity index (χ0) is 55.3. The first-order chi connectivity index (χ1) is 37.5. The van der Waals surface area contributed by atoms with Crippen molar-refractivity contribution in [3.63, 3.8) is 0 Å². The highest BCUT2D eigenvalue weighted by Crippen LogP contribution is 2.41. The maximum Gasteiger partial charge on any atom is 0.343 e. The van der Waals surface area contributed by atoms with Crippen molar-refractivity contribution in [3.8, 4) is 11.4 Å². The largest absolute Gasteiger partial charge is 0.458 e. The second-order valence-electron chi connectivity index (χ2n) is 20.0. The second-order valence-corrected chi connectivity index (χ2v) is 20.0. The number of amides is 6. The van der Waals surface area contributed by atoms with Crippen molar-refractivity contribution in [2.24, 2.45) is 0 Å². The number of aliphatic hydroxyl groups is 1. The van der Waals surface area contributed by atoms with Crippen molar-refractivity contribution in [1.29, 1.82) is 0 Å². The van der Waals surface area contributed by atoms with Gasteiger partial charge in [-0.15, -0.1) is 5.53 Å². The van der Waals surface area contributed by atoms with Crippen LogP contribution in [0.15, 0.2) is 89.7 Å². The molecule has 4 aromatic rings. The summed E-state index contributed by atoms with van der Waals surface area (Å²) in [5.41, 5.74) is 9.89. The quantitative estimate of drug-likeness (QED) is 0.0398. The molecule has 0 spiro atoms. The molecular weight excluding hydrogens is 1010 g/mol. The van der Waals surface area contributed by atoms with Crippen molar-refractivity contribution < 1.29 is 47.8 Å². The van der Waals surface area contributed by atoms with Crippen LogP contribution in [0.4, 0.5) is 4.39 Å². The van der Waals surface area contributed by atoms with Crippen LogP contribution in [0.1, 0.15) is 72.4 Å². The molecule has 0 bridgehead atoms. The van der Waals surface area contributed by atoms with Gasteiger partial charge in [0.1, 0.15) is 18.5 Å². The first-order valence-corrected chi connectivity index (χ1v) is 26.1. The molecule has 2 aromatic carbocycles. The Labute approximate surface area is 448 Å². The number of allylic oxidation sites excluding steroid dienone is 1. The average molecular weight is 1070 g/mol. The van der Waals surface area contributed by atoms with Crippen LogP contribution < -0.4 is 37.8 Å². The van der Waals surface area contributed by atoms with E-state index in [2.05, 4.69) is 43.7 Å². The van der Waals surface area contributed by atoms with Gasteiger partial charge in [-0.3, -0.25) is 43.5 Å². The van der Waals surface area contributed by atoms with E-state index >= 15 is 4.39 Å². The fourth-order valence-corrected chi connectivity index (χ4v) is 10.3. The molecule has 0 saturated carbocycles. The van der Waals surface area contributed by atoms with Crippen molar-refractivity contribution in [2.75, 3.05) is 58.9 Å². The van der Waals surface area contributed by atoms with Gasteiger partial charge >= 0.3 is 5.97 Å². The molecule has 6 amide bonds. The number of hydrazine groups is 2. The predicted molar refractivity (Wildman–Crippen MR) is 282 cm³/mol. The summed E-state index contributed by atoms with van der Waals surface area (Å²) < 4.78 is 21.9. The summed E-state index contributed by atoms with van der Waals surface area (Å²) in [5.74, 6) is -3.80. The van der Waals surface area contributed by atoms with Crippen molar-refractivity contribution in [3.05, 3.63) is 134 Å². The lowest BCUT2D eigenvalue weighted by atomic mass is 9.86. The molecule has 5 aliphatic heterocycles. The van der Waals surface area contributed by atoms with Crippen molar-refractivity contribution >= 4 is 52.3 Å². The molecule has 78 heavy (non-hydrogen) atoms. The highest BCUT2D eigenvalue weighted by Gasteiger charge is 2.45. The molecular formula is C55H63FN12O10. The molecule has 7 heterocycles. The average Bonchev–Trinajstić information content (AvgIpc) is 4.34. The zero-order valence-electron chi connectivity index (χ0n) is 43.5. The van der Waals surface area contributed by atoms with E-state index in [0.717, 1.165) is 22.4 Å². The highest BCUT2D eigenvalue weighted by atomic mass is 19.1. The fourth-order valence-electron chi connectivity index (χ4n) is 10.3. The summed E-state index contributed by atoms with van der Waals surface area (Å²) in [4.78, 5) is 114. The number of ether oxygens (including phenoxy) is 1. The summed E-state index contributed by atoms with van der Waals surface area (Å²) in [7, 11) is 0. The van der Waals surface area contributed by atoms with Gasteiger partial charge in [0.05, 0.1) is 60.9 Å². The third-order valence-electron chi connectivity index (χ3n) is 14.8. The minimum Gasteiger partial charge on any atom is -0.458 e. The molecule has 2 atom stereocenters. The smallest absolute Gasteiger partial charge is 0.343 e. The van der Waals surface area contributed by atoms with E-state index in [4.69, 9.17) is 9.72 Å². The normalized spacial score (nSPS) is 18.0. The van der Waals surface area contributed by atoms with Gasteiger partial charge in [0.25, 0.3) is 11.5 Å². The summed E-state index contributed by atoms with van der Waals surface area (Å²) in [5, 5.41) is 24.3. The minimum absolute atomic E-state index is 0.00372. The summed E-state index contributed by atoms with van der Waals surface area (Å²) in [6, 6.07) is 12.7. The van der Waals surface area contributed by atoms with E-state index in [-0.39, 0.29) is 80.9 Å². The van der Waals surface area contributed by atoms with Crippen LogP contribution in [-0.2, 0) is 70.0 Å². The number of esters is 1. The number of carbonyl (C=O) groups is 7. The van der Waals surface area contributed by atoms with Crippen LogP contribution in [0.25, 0.3) is 22.3 Å². The number of halogens is 1. The number of fused-ring (bicyclic) bond motifs is 5. The van der Waals surface area contributed by atoms with E-state index in [0.29, 0.717) is 92.1 Å². The monoisotopic (exact) mass is 1070 g/mol. The number of hydrogen-bond donors (Lipinski definition) is 7. The number of pyridine rings is 2. The number of unbranched alkanes of at least 4 members (excludes halogenated alkanes) is 2. The lowest BCUT2D eigenvalue weighted by molar-refractivity contribution is -0.172. The van der Waals surface area contributed by atoms with Crippen molar-refractivity contribution in [2.45, 2.75) is 83.7 Å². The topological polar surface area (TPSA) is 269 Å². The fraction of sp³-hybridized carbons (Fsp3) is 0.400. The Balaban J connectivity index is 0.743. The minimum atomic E-state index is -2.00. The Morgan fingerprint density at radius 3 is 2.40 bits per heavy atom. The zero-order valence-corrected chi connectivity index (χ0v) is 43.5. The van der Waals surface area contributed by atoms with Crippen LogP contribution in [0.3, 0.4) is 0 Å². The molecule has 5 aliphatic rings. The van der Waals surface area contributed by atoms with Gasteiger partial charge in [-0.1, -0.05) is 50.3 Å². The number of piperazine rings is 1. The number of cyclic esters (lactones) is 1. The molecule has 23 heteroatoms. The maximum atomic E-state index is 15.1. The number of nitrogens with one attached hydrogen (secondary N) is 6. The molecule has 1 fully saturated rings. The Morgan fingerprint density at radius 1 is 0.897 bits per heavy atom. The van der Waals surface area contributed by atoms with Crippen LogP contribution in [-0.4, -0.2) is 141 Å². The van der Waals surface area contributed by atoms with Gasteiger partial charge in [0.2, 0.25) is 29.5 Å². The molecule has 7 N–H and O–H groups in total. The van der Waals surface area contributed by atoms with E-state index < -0.39 is 53.3 Å². The SMILES string of the molecule is C=C1C=CC(=O)N1CCCCCC(=O)NCC(=O)NCC(=O)N[C@H](Cc1ccccc1)C(=O)NCC(=O)N1CCN(CC2=CN(Cc3c4c(nc5cc(F)c(C)cc35)-c3cc5c(c(=O)n3C4)COC(=O)[C@]5(O)CC)NN2)CC1. The Bertz CT molecular complexity index is 3190. The number of nitrogens with zero attached hydrogens (tertiary/aromatic N) is 6. The van der Waals surface area contributed by atoms with E-state index in [1.165, 1.54) is 12.1 Å². The molecule has 0 aliphatic carbocycles. The third-order valence-corrected chi connectivity index (χ3v) is 14.8. The molecule has 2 aromatic heterocycles. The lowest BCUT2D eigenvalue weighted by Gasteiger charge is -2.34. The van der Waals surface area contributed by atoms with Gasteiger partial charge in [-0.25, -0.2) is 14.2 Å². The lowest BCUT2D eigenvalue weighted by Crippen LogP contribution is -2.54.